The van der Waals surface area contributed by atoms with Crippen molar-refractivity contribution in [1.29, 1.82) is 0 Å². The summed E-state index contributed by atoms with van der Waals surface area (Å²) >= 11 is 6.76. The summed E-state index contributed by atoms with van der Waals surface area (Å²) in [6, 6.07) is 9.63. The molecule has 28 heteroatoms. The van der Waals surface area contributed by atoms with E-state index in [0.717, 1.165) is 24.3 Å². The largest absolute Gasteiger partial charge is 0.524 e. The average molecular weight is 1160 g/mol. The Labute approximate surface area is 441 Å². The highest BCUT2D eigenvalue weighted by Gasteiger charge is 2.68. The van der Waals surface area contributed by atoms with Crippen LogP contribution in [0.3, 0.4) is 0 Å². The van der Waals surface area contributed by atoms with Crippen LogP contribution < -0.4 is 4.52 Å². The Morgan fingerprint density at radius 3 is 2.14 bits per heavy atom. The van der Waals surface area contributed by atoms with Crippen molar-refractivity contribution in [2.75, 3.05) is 6.26 Å². The molecule has 1 saturated carbocycles. The van der Waals surface area contributed by atoms with Crippen LogP contribution in [0.4, 0.5) is 43.9 Å². The van der Waals surface area contributed by atoms with Gasteiger partial charge in [-0.3, -0.25) is 38.5 Å². The lowest BCUT2D eigenvalue weighted by atomic mass is 9.76. The highest BCUT2D eigenvalue weighted by Crippen LogP contribution is 2.68. The fraction of sp³-hybridized carbons (Fsp3) is 0.400. The molecule has 0 spiro atoms. The SMILES string of the molecule is Cc1ccc(-c2ccc(Cl)c3c(C(C(=O)CC(C)(C)c4c(C)cc(CC(=O)O)cc4OP(=O)(O)O)S(C)(=O)=O)nn(CC(F)(F)F)c23)c([C@@H](CC(=O)Cn2nc(C(F)(F)F)c3c2C(F)(F)C2C[C@H]32)Cc2cc(F)cc(F)c2)n1. The van der Waals surface area contributed by atoms with Crippen LogP contribution in [0.15, 0.2) is 54.6 Å². The lowest BCUT2D eigenvalue weighted by molar-refractivity contribution is -0.143. The number of aryl methyl sites for hydroxylation is 2. The molecule has 418 valence electrons. The van der Waals surface area contributed by atoms with Crippen molar-refractivity contribution in [1.82, 2.24) is 24.5 Å². The van der Waals surface area contributed by atoms with Gasteiger partial charge in [0.05, 0.1) is 28.3 Å². The summed E-state index contributed by atoms with van der Waals surface area (Å²) in [6.45, 7) is 2.44. The normalized spacial score (nSPS) is 17.2. The summed E-state index contributed by atoms with van der Waals surface area (Å²) in [4.78, 5) is 64.7. The van der Waals surface area contributed by atoms with Crippen LogP contribution in [0.5, 0.6) is 5.75 Å². The van der Waals surface area contributed by atoms with Gasteiger partial charge in [0.25, 0.3) is 5.92 Å². The van der Waals surface area contributed by atoms with Gasteiger partial charge in [-0.25, -0.2) is 21.8 Å². The number of fused-ring (bicyclic) bond motifs is 4. The molecule has 0 amide bonds. The van der Waals surface area contributed by atoms with Gasteiger partial charge in [-0.2, -0.15) is 45.3 Å². The van der Waals surface area contributed by atoms with Gasteiger partial charge < -0.3 is 9.63 Å². The van der Waals surface area contributed by atoms with E-state index in [1.807, 2.05) is 0 Å². The van der Waals surface area contributed by atoms with Crippen LogP contribution >= 0.6 is 19.4 Å². The number of halogens is 11. The third-order valence-electron chi connectivity index (χ3n) is 13.5. The maximum absolute atomic E-state index is 15.6. The fourth-order valence-corrected chi connectivity index (χ4v) is 12.6. The monoisotopic (exact) mass is 1160 g/mol. The number of sulfone groups is 1. The van der Waals surface area contributed by atoms with Gasteiger partial charge in [-0.05, 0) is 79.6 Å². The number of carbonyl (C=O) groups excluding carboxylic acids is 2. The number of nitrogens with zero attached hydrogens (tertiary/aromatic N) is 5. The summed E-state index contributed by atoms with van der Waals surface area (Å²) in [5, 5.41) is 13.5. The lowest BCUT2D eigenvalue weighted by Gasteiger charge is -2.30. The fourth-order valence-electron chi connectivity index (χ4n) is 10.9. The molecule has 2 unspecified atom stereocenters. The highest BCUT2D eigenvalue weighted by molar-refractivity contribution is 7.91. The zero-order valence-corrected chi connectivity index (χ0v) is 43.9. The second kappa shape index (κ2) is 20.2. The number of carbonyl (C=O) groups is 3. The van der Waals surface area contributed by atoms with Crippen molar-refractivity contribution in [2.24, 2.45) is 5.92 Å². The molecule has 0 saturated heterocycles. The summed E-state index contributed by atoms with van der Waals surface area (Å²) in [5.74, 6) is -14.1. The van der Waals surface area contributed by atoms with Crippen molar-refractivity contribution < 1.29 is 90.7 Å². The van der Waals surface area contributed by atoms with Crippen molar-refractivity contribution in [3.05, 3.63) is 128 Å². The number of phosphoric ester groups is 1. The third kappa shape index (κ3) is 11.9. The minimum Gasteiger partial charge on any atom is -0.481 e. The summed E-state index contributed by atoms with van der Waals surface area (Å²) in [6.07, 6.45) is -12.8. The standard InChI is InChI=1S/C50H45ClF10N5O10PS/c1-22-10-24(15-37(69)70)14-36(76-77(71,72)73)40(22)47(3,4)19-35(68)44(78(5,74)75)42-39-34(51)9-8-31(43(39)66(63-42)21-48(54,55)56)30-7-6-23(2)62-41(30)26(11-25-12-27(52)17-28(53)13-25)16-29(67)20-65-46-38(45(64-65)50(59,60)61)32-18-33(32)49(46,57)58/h6-10,12-14,17,26,32-33,44H,11,15-16,18-21H2,1-5H3,(H,69,70)(H2,71,72,73)/t26-,32+,33?,44?/m1/s1. The van der Waals surface area contributed by atoms with Gasteiger partial charge in [0.1, 0.15) is 36.2 Å². The molecule has 3 aromatic carbocycles. The Hall–Kier alpha value is -6.21. The smallest absolute Gasteiger partial charge is 0.481 e. The number of hydrogen-bond donors (Lipinski definition) is 3. The Bertz CT molecular complexity index is 3610. The van der Waals surface area contributed by atoms with E-state index < -0.39 is 177 Å². The number of carboxylic acid groups (broad SMARTS) is 1. The van der Waals surface area contributed by atoms with E-state index in [4.69, 9.17) is 16.1 Å². The molecule has 0 bridgehead atoms. The van der Waals surface area contributed by atoms with Crippen molar-refractivity contribution >= 4 is 57.7 Å². The van der Waals surface area contributed by atoms with Crippen LogP contribution in [-0.4, -0.2) is 77.8 Å². The first-order chi connectivity index (χ1) is 35.8. The molecular weight excluding hydrogens is 1120 g/mol. The number of carboxylic acids is 1. The summed E-state index contributed by atoms with van der Waals surface area (Å²) < 4.78 is 193. The molecule has 1 fully saturated rings. The predicted octanol–water partition coefficient (Wildman–Crippen LogP) is 10.7. The lowest BCUT2D eigenvalue weighted by Crippen LogP contribution is -2.30. The average Bonchev–Trinajstić information content (AvgIpc) is 3.77. The molecule has 0 aliphatic heterocycles. The molecule has 2 aliphatic rings. The third-order valence-corrected chi connectivity index (χ3v) is 15.6. The van der Waals surface area contributed by atoms with E-state index in [1.54, 1.807) is 0 Å². The van der Waals surface area contributed by atoms with Gasteiger partial charge in [0.15, 0.2) is 32.3 Å². The second-order valence-corrected chi connectivity index (χ2v) is 24.0. The summed E-state index contributed by atoms with van der Waals surface area (Å²) in [5.41, 5.74) is -6.89. The first kappa shape index (κ1) is 58.0. The number of alkyl halides is 8. The molecule has 8 rings (SSSR count). The molecule has 3 aromatic heterocycles. The second-order valence-electron chi connectivity index (χ2n) is 20.3. The van der Waals surface area contributed by atoms with Gasteiger partial charge in [0, 0.05) is 75.7 Å². The number of aliphatic carboxylic acids is 1. The molecule has 3 N–H and O–H groups in total. The molecule has 3 heterocycles. The first-order valence-electron chi connectivity index (χ1n) is 23.4. The van der Waals surface area contributed by atoms with E-state index in [9.17, 15) is 77.4 Å². The first-order valence-corrected chi connectivity index (χ1v) is 27.3. The molecular formula is C50H45ClF10N5O10PS. The number of ketones is 2. The van der Waals surface area contributed by atoms with E-state index >= 15 is 8.78 Å². The number of hydrogen-bond acceptors (Lipinski definition) is 10. The van der Waals surface area contributed by atoms with Crippen LogP contribution in [0.1, 0.15) is 106 Å². The van der Waals surface area contributed by atoms with Crippen molar-refractivity contribution in [3.8, 4) is 16.9 Å². The van der Waals surface area contributed by atoms with Crippen molar-refractivity contribution in [2.45, 2.75) is 114 Å². The van der Waals surface area contributed by atoms with Gasteiger partial charge in [0.2, 0.25) is 0 Å². The van der Waals surface area contributed by atoms with E-state index in [2.05, 4.69) is 15.2 Å². The quantitative estimate of drug-likeness (QED) is 0.0508. The Kier molecular flexibility index (Phi) is 15.0. The van der Waals surface area contributed by atoms with E-state index in [-0.39, 0.29) is 55.9 Å². The highest BCUT2D eigenvalue weighted by atomic mass is 35.5. The Morgan fingerprint density at radius 2 is 1.55 bits per heavy atom. The molecule has 78 heavy (non-hydrogen) atoms. The Balaban J connectivity index is 1.27. The maximum Gasteiger partial charge on any atom is 0.524 e. The van der Waals surface area contributed by atoms with Crippen molar-refractivity contribution in [3.63, 3.8) is 0 Å². The predicted molar refractivity (Wildman–Crippen MR) is 259 cm³/mol. The van der Waals surface area contributed by atoms with Crippen LogP contribution in [-0.2, 0) is 72.2 Å². The van der Waals surface area contributed by atoms with Gasteiger partial charge in [-0.1, -0.05) is 43.6 Å². The minimum absolute atomic E-state index is 0.0201. The topological polar surface area (TPSA) is 221 Å². The summed E-state index contributed by atoms with van der Waals surface area (Å²) in [7, 11) is -10.2. The van der Waals surface area contributed by atoms with Crippen LogP contribution in [0, 0.1) is 31.4 Å². The van der Waals surface area contributed by atoms with E-state index in [0.29, 0.717) is 17.0 Å². The number of phosphoric acid groups is 1. The number of benzene rings is 3. The minimum atomic E-state index is -5.39. The number of pyridine rings is 1. The number of rotatable bonds is 19. The number of Topliss-reactive ketones (excluding diaryl/α,β-unsaturated/α-hetero) is 2. The zero-order chi connectivity index (χ0) is 57.7. The molecule has 2 aliphatic carbocycles. The van der Waals surface area contributed by atoms with Gasteiger partial charge >= 0.3 is 26.1 Å². The Morgan fingerprint density at radius 1 is 0.910 bits per heavy atom. The molecule has 6 aromatic rings. The van der Waals surface area contributed by atoms with Gasteiger partial charge in [-0.15, -0.1) is 0 Å². The zero-order valence-electron chi connectivity index (χ0n) is 41.4. The maximum atomic E-state index is 15.6. The van der Waals surface area contributed by atoms with Crippen LogP contribution in [0.2, 0.25) is 5.02 Å². The molecule has 4 atom stereocenters. The molecule has 0 radical (unpaired) electrons. The van der Waals surface area contributed by atoms with E-state index in [1.165, 1.54) is 52.0 Å². The molecule has 15 nitrogen and oxygen atoms in total. The number of aromatic nitrogens is 5. The van der Waals surface area contributed by atoms with Crippen LogP contribution in [0.25, 0.3) is 22.0 Å².